The Hall–Kier alpha value is -2.97. The number of carbonyl (C=O) groups is 3. The van der Waals surface area contributed by atoms with Gasteiger partial charge < -0.3 is 24.5 Å². The van der Waals surface area contributed by atoms with Crippen LogP contribution in [0.4, 0.5) is 0 Å². The maximum Gasteiger partial charge on any atom is 0.249 e. The van der Waals surface area contributed by atoms with Crippen LogP contribution in [-0.4, -0.2) is 87.1 Å². The van der Waals surface area contributed by atoms with Crippen molar-refractivity contribution in [2.24, 2.45) is 17.8 Å². The summed E-state index contributed by atoms with van der Waals surface area (Å²) in [5, 5.41) is 10.6. The van der Waals surface area contributed by atoms with Crippen molar-refractivity contribution in [1.29, 1.82) is 0 Å². The molecular weight excluding hydrogens is 518 g/mol. The van der Waals surface area contributed by atoms with Crippen molar-refractivity contribution in [3.05, 3.63) is 60.2 Å². The number of aliphatic hydroxyl groups is 1. The van der Waals surface area contributed by atoms with Gasteiger partial charge in [-0.15, -0.1) is 0 Å². The Morgan fingerprint density at radius 2 is 1.76 bits per heavy atom. The molecule has 0 radical (unpaired) electrons. The first-order valence-electron chi connectivity index (χ1n) is 15.5. The van der Waals surface area contributed by atoms with Crippen molar-refractivity contribution in [1.82, 2.24) is 14.7 Å². The van der Waals surface area contributed by atoms with Crippen LogP contribution in [0.1, 0.15) is 57.9 Å². The topological polar surface area (TPSA) is 90.4 Å². The summed E-state index contributed by atoms with van der Waals surface area (Å²) in [5.74, 6) is -2.11. The van der Waals surface area contributed by atoms with Crippen LogP contribution in [-0.2, 0) is 25.7 Å². The number of benzene rings is 1. The normalized spacial score (nSPS) is 33.3. The molecule has 1 saturated carbocycles. The van der Waals surface area contributed by atoms with Gasteiger partial charge in [-0.05, 0) is 24.3 Å². The number of hydrogen-bond acceptors (Lipinski definition) is 5. The van der Waals surface area contributed by atoms with E-state index in [0.717, 1.165) is 37.7 Å². The van der Waals surface area contributed by atoms with E-state index in [-0.39, 0.29) is 36.3 Å². The van der Waals surface area contributed by atoms with E-state index >= 15 is 0 Å². The highest BCUT2D eigenvalue weighted by atomic mass is 16.5. The summed E-state index contributed by atoms with van der Waals surface area (Å²) < 4.78 is 6.81. The monoisotopic (exact) mass is 561 g/mol. The van der Waals surface area contributed by atoms with E-state index in [1.54, 1.807) is 9.80 Å². The minimum atomic E-state index is -1.26. The van der Waals surface area contributed by atoms with Crippen molar-refractivity contribution in [2.75, 3.05) is 19.7 Å². The predicted octanol–water partition coefficient (Wildman–Crippen LogP) is 3.30. The zero-order chi connectivity index (χ0) is 28.7. The molecule has 41 heavy (non-hydrogen) atoms. The molecule has 8 nitrogen and oxygen atoms in total. The summed E-state index contributed by atoms with van der Waals surface area (Å²) in [7, 11) is 0. The van der Waals surface area contributed by atoms with Crippen LogP contribution < -0.4 is 0 Å². The first-order chi connectivity index (χ1) is 19.9. The Bertz CT molecular complexity index is 1210. The molecule has 5 aliphatic rings. The average Bonchev–Trinajstić information content (AvgIpc) is 3.31. The largest absolute Gasteiger partial charge is 0.394 e. The molecular formula is C33H43N3O5. The molecule has 1 unspecified atom stereocenters. The van der Waals surface area contributed by atoms with Gasteiger partial charge in [0.15, 0.2) is 0 Å². The van der Waals surface area contributed by atoms with Crippen molar-refractivity contribution < 1.29 is 24.2 Å². The number of fused-ring (bicyclic) bond motifs is 2. The Kier molecular flexibility index (Phi) is 7.81. The third-order valence-electron chi connectivity index (χ3n) is 10.3. The van der Waals surface area contributed by atoms with Crippen LogP contribution in [0.2, 0.25) is 0 Å². The lowest BCUT2D eigenvalue weighted by molar-refractivity contribution is -0.154. The molecule has 6 rings (SSSR count). The highest BCUT2D eigenvalue weighted by Crippen LogP contribution is 2.54. The fourth-order valence-corrected chi connectivity index (χ4v) is 7.98. The van der Waals surface area contributed by atoms with Gasteiger partial charge in [0.05, 0.1) is 30.6 Å². The highest BCUT2D eigenvalue weighted by Gasteiger charge is 2.72. The van der Waals surface area contributed by atoms with Crippen LogP contribution in [0.5, 0.6) is 0 Å². The summed E-state index contributed by atoms with van der Waals surface area (Å²) in [6, 6.07) is 8.52. The molecule has 1 spiro atoms. The van der Waals surface area contributed by atoms with Crippen LogP contribution in [0.3, 0.4) is 0 Å². The molecule has 4 aliphatic heterocycles. The summed E-state index contributed by atoms with van der Waals surface area (Å²) in [6.07, 6.45) is 13.2. The Morgan fingerprint density at radius 1 is 1.00 bits per heavy atom. The molecule has 4 heterocycles. The summed E-state index contributed by atoms with van der Waals surface area (Å²) >= 11 is 0. The lowest BCUT2D eigenvalue weighted by atomic mass is 9.77. The zero-order valence-electron chi connectivity index (χ0n) is 24.2. The molecule has 220 valence electrons. The predicted molar refractivity (Wildman–Crippen MR) is 154 cm³/mol. The third-order valence-corrected chi connectivity index (χ3v) is 10.3. The first kappa shape index (κ1) is 28.2. The molecule has 1 aromatic rings. The van der Waals surface area contributed by atoms with Crippen molar-refractivity contribution in [3.8, 4) is 0 Å². The second-order valence-corrected chi connectivity index (χ2v) is 12.5. The number of carbonyl (C=O) groups excluding carboxylic acids is 3. The van der Waals surface area contributed by atoms with Crippen LogP contribution in [0.25, 0.3) is 0 Å². The maximum absolute atomic E-state index is 14.6. The zero-order valence-corrected chi connectivity index (χ0v) is 24.2. The van der Waals surface area contributed by atoms with E-state index in [1.165, 1.54) is 6.42 Å². The Balaban J connectivity index is 1.41. The molecule has 3 fully saturated rings. The molecule has 1 aliphatic carbocycles. The Morgan fingerprint density at radius 3 is 2.46 bits per heavy atom. The van der Waals surface area contributed by atoms with Crippen molar-refractivity contribution in [2.45, 2.75) is 88.7 Å². The molecule has 2 saturated heterocycles. The molecule has 0 aromatic heterocycles. The van der Waals surface area contributed by atoms with E-state index in [1.807, 2.05) is 73.4 Å². The first-order valence-corrected chi connectivity index (χ1v) is 15.5. The van der Waals surface area contributed by atoms with E-state index in [2.05, 4.69) is 0 Å². The number of aliphatic hydroxyl groups excluding tert-OH is 1. The van der Waals surface area contributed by atoms with E-state index in [0.29, 0.717) is 19.6 Å². The summed E-state index contributed by atoms with van der Waals surface area (Å²) in [6.45, 7) is 5.12. The van der Waals surface area contributed by atoms with E-state index in [9.17, 15) is 19.5 Å². The number of ether oxygens (including phenoxy) is 1. The smallest absolute Gasteiger partial charge is 0.249 e. The van der Waals surface area contributed by atoms with Gasteiger partial charge in [0, 0.05) is 25.7 Å². The minimum Gasteiger partial charge on any atom is -0.394 e. The molecule has 7 atom stereocenters. The highest BCUT2D eigenvalue weighted by molar-refractivity contribution is 6.00. The van der Waals surface area contributed by atoms with Crippen molar-refractivity contribution in [3.63, 3.8) is 0 Å². The molecule has 0 bridgehead atoms. The van der Waals surface area contributed by atoms with Crippen LogP contribution in [0, 0.1) is 17.8 Å². The van der Waals surface area contributed by atoms with Gasteiger partial charge in [-0.3, -0.25) is 14.4 Å². The van der Waals surface area contributed by atoms with Crippen molar-refractivity contribution >= 4 is 17.7 Å². The number of nitrogens with zero attached hydrogens (tertiary/aromatic N) is 3. The van der Waals surface area contributed by atoms with E-state index in [4.69, 9.17) is 4.74 Å². The maximum atomic E-state index is 14.6. The fourth-order valence-electron chi connectivity index (χ4n) is 7.98. The number of likely N-dealkylation sites (tertiary alicyclic amines) is 1. The molecule has 1 aromatic carbocycles. The SMILES string of the molecule is CC[C@H](C)[C@H](CO)N1C(=O)[C@@H]2[C@H]3C(=O)N(Cc4ccccc4)CC=C[C@H]3O[C@@]23C=CCN(C2CCCCC2)C(=O)C13. The van der Waals surface area contributed by atoms with Gasteiger partial charge >= 0.3 is 0 Å². The molecule has 1 N–H and O–H groups in total. The lowest BCUT2D eigenvalue weighted by Gasteiger charge is -2.42. The number of amides is 3. The third kappa shape index (κ3) is 4.63. The number of rotatable bonds is 7. The Labute approximate surface area is 243 Å². The second kappa shape index (κ2) is 11.4. The standard InChI is InChI=1S/C33H43N3O5/c1-3-22(2)25(21-37)36-29-32(40)35(24-14-8-5-9-15-24)19-11-17-33(29)28(31(36)39)27-26(41-33)16-10-18-34(30(27)38)20-23-12-6-4-7-13-23/h4,6-7,10-13,16-17,22,24-29,37H,3,5,8-9,14-15,18-21H2,1-2H3/t22-,25-,26+,27-,28-,29?,33-/m0/s1. The van der Waals surface area contributed by atoms with Gasteiger partial charge in [0.25, 0.3) is 0 Å². The number of hydrogen-bond donors (Lipinski definition) is 1. The minimum absolute atomic E-state index is 0.0295. The molecule has 8 heteroatoms. The van der Waals surface area contributed by atoms with Gasteiger partial charge in [0.1, 0.15) is 11.6 Å². The van der Waals surface area contributed by atoms with E-state index < -0.39 is 35.6 Å². The fraction of sp³-hybridized carbons (Fsp3) is 0.606. The van der Waals surface area contributed by atoms with Gasteiger partial charge in [-0.25, -0.2) is 0 Å². The summed E-state index contributed by atoms with van der Waals surface area (Å²) in [4.78, 5) is 48.9. The summed E-state index contributed by atoms with van der Waals surface area (Å²) in [5.41, 5.74) is -0.243. The lowest BCUT2D eigenvalue weighted by Crippen LogP contribution is -2.60. The molecule has 3 amide bonds. The van der Waals surface area contributed by atoms with Gasteiger partial charge in [-0.1, -0.05) is 94.2 Å². The van der Waals surface area contributed by atoms with Gasteiger partial charge in [0.2, 0.25) is 17.7 Å². The van der Waals surface area contributed by atoms with Crippen LogP contribution >= 0.6 is 0 Å². The average molecular weight is 562 g/mol. The quantitative estimate of drug-likeness (QED) is 0.516. The van der Waals surface area contributed by atoms with Gasteiger partial charge in [-0.2, -0.15) is 0 Å². The second-order valence-electron chi connectivity index (χ2n) is 12.5. The van der Waals surface area contributed by atoms with Crippen LogP contribution in [0.15, 0.2) is 54.6 Å².